The normalized spacial score (nSPS) is 31.2. The third-order valence-corrected chi connectivity index (χ3v) is 3.99. The molecule has 3 N–H and O–H groups in total. The SMILES string of the molecule is CC(O)C1CC(NCC2CC2)CN(CC(=O)O)C1. The Bertz CT molecular complexity index is 292. The first-order valence-electron chi connectivity index (χ1n) is 6.90. The van der Waals surface area contributed by atoms with E-state index in [1.807, 2.05) is 4.90 Å². The van der Waals surface area contributed by atoms with E-state index in [-0.39, 0.29) is 18.6 Å². The Labute approximate surface area is 108 Å². The van der Waals surface area contributed by atoms with Crippen molar-refractivity contribution in [2.24, 2.45) is 11.8 Å². The number of aliphatic carboxylic acids is 1. The first kappa shape index (κ1) is 13.8. The van der Waals surface area contributed by atoms with E-state index >= 15 is 0 Å². The van der Waals surface area contributed by atoms with Gasteiger partial charge in [0.05, 0.1) is 12.6 Å². The van der Waals surface area contributed by atoms with Crippen LogP contribution in [0.2, 0.25) is 0 Å². The standard InChI is InChI=1S/C13H24N2O3/c1-9(16)11-4-12(14-5-10-2-3-10)7-15(6-11)8-13(17)18/h9-12,14,16H,2-8H2,1H3,(H,17,18). The van der Waals surface area contributed by atoms with Crippen molar-refractivity contribution >= 4 is 5.97 Å². The fraction of sp³-hybridized carbons (Fsp3) is 0.923. The van der Waals surface area contributed by atoms with Gasteiger partial charge in [-0.2, -0.15) is 0 Å². The van der Waals surface area contributed by atoms with Crippen LogP contribution in [0.25, 0.3) is 0 Å². The molecule has 0 aromatic carbocycles. The molecular formula is C13H24N2O3. The second-order valence-electron chi connectivity index (χ2n) is 5.87. The molecule has 1 aliphatic heterocycles. The number of piperidine rings is 1. The molecule has 1 saturated heterocycles. The van der Waals surface area contributed by atoms with E-state index in [0.29, 0.717) is 12.6 Å². The highest BCUT2D eigenvalue weighted by Crippen LogP contribution is 2.28. The average Bonchev–Trinajstić information content (AvgIpc) is 3.08. The summed E-state index contributed by atoms with van der Waals surface area (Å²) < 4.78 is 0. The molecule has 2 aliphatic rings. The second-order valence-corrected chi connectivity index (χ2v) is 5.87. The van der Waals surface area contributed by atoms with Crippen LogP contribution in [0.3, 0.4) is 0 Å². The number of aliphatic hydroxyl groups is 1. The molecular weight excluding hydrogens is 232 g/mol. The number of aliphatic hydroxyl groups excluding tert-OH is 1. The van der Waals surface area contributed by atoms with Crippen LogP contribution in [-0.2, 0) is 4.79 Å². The molecule has 2 fully saturated rings. The summed E-state index contributed by atoms with van der Waals surface area (Å²) in [4.78, 5) is 12.7. The Morgan fingerprint density at radius 2 is 2.17 bits per heavy atom. The highest BCUT2D eigenvalue weighted by molar-refractivity contribution is 5.69. The quantitative estimate of drug-likeness (QED) is 0.630. The first-order chi connectivity index (χ1) is 8.54. The Morgan fingerprint density at radius 1 is 1.44 bits per heavy atom. The number of likely N-dealkylation sites (tertiary alicyclic amines) is 1. The first-order valence-corrected chi connectivity index (χ1v) is 6.90. The Balaban J connectivity index is 1.85. The van der Waals surface area contributed by atoms with Crippen LogP contribution in [0.15, 0.2) is 0 Å². The van der Waals surface area contributed by atoms with Crippen LogP contribution in [0.5, 0.6) is 0 Å². The molecule has 3 unspecified atom stereocenters. The molecule has 0 amide bonds. The largest absolute Gasteiger partial charge is 0.480 e. The number of nitrogens with one attached hydrogen (secondary N) is 1. The van der Waals surface area contributed by atoms with Gasteiger partial charge in [0.2, 0.25) is 0 Å². The molecule has 1 aliphatic carbocycles. The predicted octanol–water partition coefficient (Wildman–Crippen LogP) is 0.142. The molecule has 18 heavy (non-hydrogen) atoms. The van der Waals surface area contributed by atoms with Gasteiger partial charge < -0.3 is 15.5 Å². The van der Waals surface area contributed by atoms with E-state index in [0.717, 1.165) is 25.4 Å². The number of carboxylic acid groups (broad SMARTS) is 1. The van der Waals surface area contributed by atoms with Crippen molar-refractivity contribution in [3.8, 4) is 0 Å². The summed E-state index contributed by atoms with van der Waals surface area (Å²) in [5.74, 6) is 0.210. The molecule has 0 spiro atoms. The topological polar surface area (TPSA) is 72.8 Å². The van der Waals surface area contributed by atoms with Gasteiger partial charge >= 0.3 is 5.97 Å². The molecule has 5 nitrogen and oxygen atoms in total. The lowest BCUT2D eigenvalue weighted by Crippen LogP contribution is -2.52. The summed E-state index contributed by atoms with van der Waals surface area (Å²) in [7, 11) is 0. The van der Waals surface area contributed by atoms with E-state index in [1.165, 1.54) is 12.8 Å². The number of rotatable bonds is 6. The Morgan fingerprint density at radius 3 is 2.72 bits per heavy atom. The lowest BCUT2D eigenvalue weighted by molar-refractivity contribution is -0.139. The van der Waals surface area contributed by atoms with E-state index in [1.54, 1.807) is 6.92 Å². The molecule has 1 heterocycles. The van der Waals surface area contributed by atoms with E-state index in [2.05, 4.69) is 5.32 Å². The van der Waals surface area contributed by atoms with Crippen molar-refractivity contribution in [3.63, 3.8) is 0 Å². The molecule has 1 saturated carbocycles. The molecule has 0 aromatic heterocycles. The molecule has 3 atom stereocenters. The number of hydrogen-bond acceptors (Lipinski definition) is 4. The van der Waals surface area contributed by atoms with Crippen molar-refractivity contribution < 1.29 is 15.0 Å². The lowest BCUT2D eigenvalue weighted by Gasteiger charge is -2.38. The van der Waals surface area contributed by atoms with Crippen LogP contribution in [-0.4, -0.2) is 59.4 Å². The van der Waals surface area contributed by atoms with Crippen molar-refractivity contribution in [3.05, 3.63) is 0 Å². The van der Waals surface area contributed by atoms with E-state index in [9.17, 15) is 9.90 Å². The molecule has 0 aromatic rings. The average molecular weight is 256 g/mol. The van der Waals surface area contributed by atoms with E-state index in [4.69, 9.17) is 5.11 Å². The van der Waals surface area contributed by atoms with Gasteiger partial charge in [0, 0.05) is 19.1 Å². The number of hydrogen-bond donors (Lipinski definition) is 3. The van der Waals surface area contributed by atoms with Crippen molar-refractivity contribution in [1.82, 2.24) is 10.2 Å². The maximum absolute atomic E-state index is 10.8. The predicted molar refractivity (Wildman–Crippen MR) is 68.4 cm³/mol. The lowest BCUT2D eigenvalue weighted by atomic mass is 9.90. The van der Waals surface area contributed by atoms with Gasteiger partial charge in [-0.25, -0.2) is 0 Å². The molecule has 0 radical (unpaired) electrons. The zero-order valence-corrected chi connectivity index (χ0v) is 11.0. The summed E-state index contributed by atoms with van der Waals surface area (Å²) in [5.41, 5.74) is 0. The summed E-state index contributed by atoms with van der Waals surface area (Å²) in [6.07, 6.45) is 3.21. The number of carbonyl (C=O) groups is 1. The Kier molecular flexibility index (Phi) is 4.59. The highest BCUT2D eigenvalue weighted by Gasteiger charge is 2.31. The summed E-state index contributed by atoms with van der Waals surface area (Å²) >= 11 is 0. The fourth-order valence-electron chi connectivity index (χ4n) is 2.71. The van der Waals surface area contributed by atoms with Crippen LogP contribution in [0.1, 0.15) is 26.2 Å². The summed E-state index contributed by atoms with van der Waals surface area (Å²) in [5, 5.41) is 22.1. The Hall–Kier alpha value is -0.650. The van der Waals surface area contributed by atoms with Crippen molar-refractivity contribution in [1.29, 1.82) is 0 Å². The van der Waals surface area contributed by atoms with Gasteiger partial charge in [0.15, 0.2) is 0 Å². The van der Waals surface area contributed by atoms with Gasteiger partial charge in [-0.05, 0) is 44.6 Å². The molecule has 2 rings (SSSR count). The van der Waals surface area contributed by atoms with Gasteiger partial charge in [0.1, 0.15) is 0 Å². The van der Waals surface area contributed by atoms with Crippen molar-refractivity contribution in [2.45, 2.75) is 38.3 Å². The van der Waals surface area contributed by atoms with Gasteiger partial charge in [-0.15, -0.1) is 0 Å². The molecule has 104 valence electrons. The van der Waals surface area contributed by atoms with Gasteiger partial charge in [-0.1, -0.05) is 0 Å². The zero-order chi connectivity index (χ0) is 13.1. The third-order valence-electron chi connectivity index (χ3n) is 3.99. The monoisotopic (exact) mass is 256 g/mol. The van der Waals surface area contributed by atoms with Crippen molar-refractivity contribution in [2.75, 3.05) is 26.2 Å². The van der Waals surface area contributed by atoms with Gasteiger partial charge in [-0.3, -0.25) is 9.69 Å². The minimum Gasteiger partial charge on any atom is -0.480 e. The second kappa shape index (κ2) is 5.99. The summed E-state index contributed by atoms with van der Waals surface area (Å²) in [6.45, 7) is 4.38. The third kappa shape index (κ3) is 4.23. The van der Waals surface area contributed by atoms with Crippen LogP contribution in [0, 0.1) is 11.8 Å². The zero-order valence-electron chi connectivity index (χ0n) is 11.0. The number of nitrogens with zero attached hydrogens (tertiary/aromatic N) is 1. The fourth-order valence-corrected chi connectivity index (χ4v) is 2.71. The maximum atomic E-state index is 10.8. The minimum absolute atomic E-state index is 0.0742. The van der Waals surface area contributed by atoms with Gasteiger partial charge in [0.25, 0.3) is 0 Å². The van der Waals surface area contributed by atoms with Crippen LogP contribution in [0.4, 0.5) is 0 Å². The molecule has 0 bridgehead atoms. The number of carboxylic acids is 1. The van der Waals surface area contributed by atoms with Crippen LogP contribution >= 0.6 is 0 Å². The van der Waals surface area contributed by atoms with Crippen LogP contribution < -0.4 is 5.32 Å². The molecule has 5 heteroatoms. The summed E-state index contributed by atoms with van der Waals surface area (Å²) in [6, 6.07) is 0.318. The minimum atomic E-state index is -0.790. The highest BCUT2D eigenvalue weighted by atomic mass is 16.4. The maximum Gasteiger partial charge on any atom is 0.317 e. The smallest absolute Gasteiger partial charge is 0.317 e. The van der Waals surface area contributed by atoms with E-state index < -0.39 is 5.97 Å².